The Hall–Kier alpha value is -2.89. The normalized spacial score (nSPS) is 11.0. The molecule has 6 heteroatoms. The van der Waals surface area contributed by atoms with E-state index in [1.807, 2.05) is 24.6 Å². The smallest absolute Gasteiger partial charge is 0.259 e. The first-order valence-electron chi connectivity index (χ1n) is 6.99. The van der Waals surface area contributed by atoms with Crippen molar-refractivity contribution in [1.82, 2.24) is 14.8 Å². The maximum Gasteiger partial charge on any atom is 0.259 e. The topological polar surface area (TPSA) is 80.0 Å². The van der Waals surface area contributed by atoms with Crippen LogP contribution in [0.1, 0.15) is 30.2 Å². The lowest BCUT2D eigenvalue weighted by Crippen LogP contribution is -2.12. The van der Waals surface area contributed by atoms with Gasteiger partial charge in [-0.05, 0) is 32.0 Å². The van der Waals surface area contributed by atoms with Crippen molar-refractivity contribution in [1.29, 1.82) is 0 Å². The second-order valence-electron chi connectivity index (χ2n) is 5.29. The van der Waals surface area contributed by atoms with E-state index in [0.29, 0.717) is 5.69 Å². The molecule has 112 valence electrons. The Kier molecular flexibility index (Phi) is 3.50. The van der Waals surface area contributed by atoms with Crippen molar-refractivity contribution in [3.63, 3.8) is 0 Å². The van der Waals surface area contributed by atoms with Crippen LogP contribution in [-0.4, -0.2) is 25.8 Å². The highest BCUT2D eigenvalue weighted by Crippen LogP contribution is 2.21. The number of aromatic hydroxyl groups is 1. The van der Waals surface area contributed by atoms with Gasteiger partial charge in [0, 0.05) is 11.4 Å². The SMILES string of the molecule is CC(C)n1ncc2cc(NC(=O)c3ccccc3O)cnc21. The highest BCUT2D eigenvalue weighted by Gasteiger charge is 2.12. The Labute approximate surface area is 127 Å². The highest BCUT2D eigenvalue weighted by atomic mass is 16.3. The Morgan fingerprint density at radius 2 is 2.05 bits per heavy atom. The summed E-state index contributed by atoms with van der Waals surface area (Å²) in [6, 6.07) is 8.43. The average molecular weight is 296 g/mol. The first-order valence-corrected chi connectivity index (χ1v) is 6.99. The summed E-state index contributed by atoms with van der Waals surface area (Å²) in [5.74, 6) is -0.433. The van der Waals surface area contributed by atoms with Gasteiger partial charge in [0.1, 0.15) is 5.75 Å². The molecule has 2 N–H and O–H groups in total. The van der Waals surface area contributed by atoms with Crippen molar-refractivity contribution in [2.75, 3.05) is 5.32 Å². The maximum atomic E-state index is 12.2. The third kappa shape index (κ3) is 2.50. The van der Waals surface area contributed by atoms with Gasteiger partial charge in [0.15, 0.2) is 5.65 Å². The monoisotopic (exact) mass is 296 g/mol. The number of aromatic nitrogens is 3. The summed E-state index contributed by atoms with van der Waals surface area (Å²) in [5.41, 5.74) is 1.56. The van der Waals surface area contributed by atoms with E-state index in [9.17, 15) is 9.90 Å². The summed E-state index contributed by atoms with van der Waals surface area (Å²) in [4.78, 5) is 16.5. The number of pyridine rings is 1. The van der Waals surface area contributed by atoms with Crippen molar-refractivity contribution in [2.45, 2.75) is 19.9 Å². The number of nitrogens with zero attached hydrogens (tertiary/aromatic N) is 3. The van der Waals surface area contributed by atoms with Gasteiger partial charge in [0.05, 0.1) is 23.6 Å². The maximum absolute atomic E-state index is 12.2. The fraction of sp³-hybridized carbons (Fsp3) is 0.188. The lowest BCUT2D eigenvalue weighted by Gasteiger charge is -2.08. The molecular formula is C16H16N4O2. The van der Waals surface area contributed by atoms with Crippen LogP contribution in [0.5, 0.6) is 5.75 Å². The van der Waals surface area contributed by atoms with Gasteiger partial charge < -0.3 is 10.4 Å². The summed E-state index contributed by atoms with van der Waals surface area (Å²) in [7, 11) is 0. The number of phenols is 1. The second-order valence-corrected chi connectivity index (χ2v) is 5.29. The van der Waals surface area contributed by atoms with Crippen LogP contribution in [0.2, 0.25) is 0 Å². The fourth-order valence-electron chi connectivity index (χ4n) is 2.25. The summed E-state index contributed by atoms with van der Waals surface area (Å²) in [6.45, 7) is 4.06. The predicted octanol–water partition coefficient (Wildman–Crippen LogP) is 2.97. The zero-order valence-electron chi connectivity index (χ0n) is 12.3. The van der Waals surface area contributed by atoms with Crippen LogP contribution >= 0.6 is 0 Å². The van der Waals surface area contributed by atoms with Crippen LogP contribution in [-0.2, 0) is 0 Å². The number of phenolic OH excluding ortho intramolecular Hbond substituents is 1. The molecule has 0 spiro atoms. The van der Waals surface area contributed by atoms with Gasteiger partial charge in [0.25, 0.3) is 5.91 Å². The molecule has 0 saturated carbocycles. The van der Waals surface area contributed by atoms with Crippen LogP contribution in [0.15, 0.2) is 42.7 Å². The number of hydrogen-bond acceptors (Lipinski definition) is 4. The average Bonchev–Trinajstić information content (AvgIpc) is 2.91. The zero-order chi connectivity index (χ0) is 15.7. The summed E-state index contributed by atoms with van der Waals surface area (Å²) in [6.07, 6.45) is 3.30. The van der Waals surface area contributed by atoms with E-state index in [2.05, 4.69) is 15.4 Å². The number of fused-ring (bicyclic) bond motifs is 1. The molecule has 0 unspecified atom stereocenters. The Balaban J connectivity index is 1.88. The number of para-hydroxylation sites is 1. The summed E-state index contributed by atoms with van der Waals surface area (Å²) in [5, 5.41) is 17.6. The largest absolute Gasteiger partial charge is 0.507 e. The second kappa shape index (κ2) is 5.48. The number of carbonyl (C=O) groups is 1. The van der Waals surface area contributed by atoms with Crippen molar-refractivity contribution in [3.8, 4) is 5.75 Å². The minimum atomic E-state index is -0.379. The molecule has 0 radical (unpaired) electrons. The number of amides is 1. The van der Waals surface area contributed by atoms with E-state index in [1.54, 1.807) is 30.6 Å². The molecule has 2 aromatic heterocycles. The van der Waals surface area contributed by atoms with E-state index in [4.69, 9.17) is 0 Å². The van der Waals surface area contributed by atoms with Gasteiger partial charge in [-0.2, -0.15) is 5.10 Å². The highest BCUT2D eigenvalue weighted by molar-refractivity contribution is 6.06. The van der Waals surface area contributed by atoms with Crippen molar-refractivity contribution in [2.24, 2.45) is 0 Å². The van der Waals surface area contributed by atoms with E-state index < -0.39 is 0 Å². The van der Waals surface area contributed by atoms with Gasteiger partial charge in [-0.25, -0.2) is 9.67 Å². The molecule has 0 saturated heterocycles. The van der Waals surface area contributed by atoms with Crippen LogP contribution in [0, 0.1) is 0 Å². The van der Waals surface area contributed by atoms with Gasteiger partial charge in [-0.15, -0.1) is 0 Å². The summed E-state index contributed by atoms with van der Waals surface area (Å²) >= 11 is 0. The standard InChI is InChI=1S/C16H16N4O2/c1-10(2)20-15-11(8-18-20)7-12(9-17-15)19-16(22)13-5-3-4-6-14(13)21/h3-10,21H,1-2H3,(H,19,22). The van der Waals surface area contributed by atoms with Crippen molar-refractivity contribution >= 4 is 22.6 Å². The Morgan fingerprint density at radius 3 is 2.77 bits per heavy atom. The Bertz CT molecular complexity index is 839. The summed E-state index contributed by atoms with van der Waals surface area (Å²) < 4.78 is 1.82. The Morgan fingerprint density at radius 1 is 1.27 bits per heavy atom. The molecule has 1 amide bonds. The number of anilines is 1. The lowest BCUT2D eigenvalue weighted by atomic mass is 10.2. The number of rotatable bonds is 3. The molecule has 0 fully saturated rings. The van der Waals surface area contributed by atoms with Crippen molar-refractivity contribution < 1.29 is 9.90 Å². The van der Waals surface area contributed by atoms with Gasteiger partial charge in [0.2, 0.25) is 0 Å². The molecule has 3 rings (SSSR count). The van der Waals surface area contributed by atoms with Gasteiger partial charge >= 0.3 is 0 Å². The quantitative estimate of drug-likeness (QED) is 0.778. The number of benzene rings is 1. The van der Waals surface area contributed by atoms with E-state index in [0.717, 1.165) is 11.0 Å². The molecule has 22 heavy (non-hydrogen) atoms. The van der Waals surface area contributed by atoms with Crippen LogP contribution < -0.4 is 5.32 Å². The van der Waals surface area contributed by atoms with E-state index in [-0.39, 0.29) is 23.3 Å². The third-order valence-electron chi connectivity index (χ3n) is 3.33. The molecule has 3 aromatic rings. The number of hydrogen-bond donors (Lipinski definition) is 2. The zero-order valence-corrected chi connectivity index (χ0v) is 12.3. The molecule has 0 bridgehead atoms. The van der Waals surface area contributed by atoms with Crippen LogP contribution in [0.4, 0.5) is 5.69 Å². The molecule has 1 aromatic carbocycles. The molecule has 2 heterocycles. The van der Waals surface area contributed by atoms with Crippen LogP contribution in [0.25, 0.3) is 11.0 Å². The molecule has 0 atom stereocenters. The molecular weight excluding hydrogens is 280 g/mol. The number of carbonyl (C=O) groups excluding carboxylic acids is 1. The van der Waals surface area contributed by atoms with Crippen molar-refractivity contribution in [3.05, 3.63) is 48.3 Å². The third-order valence-corrected chi connectivity index (χ3v) is 3.33. The molecule has 0 aliphatic carbocycles. The lowest BCUT2D eigenvalue weighted by molar-refractivity contribution is 0.102. The minimum absolute atomic E-state index is 0.0540. The number of nitrogens with one attached hydrogen (secondary N) is 1. The van der Waals surface area contributed by atoms with E-state index in [1.165, 1.54) is 6.07 Å². The molecule has 0 aliphatic rings. The first-order chi connectivity index (χ1) is 10.6. The van der Waals surface area contributed by atoms with E-state index >= 15 is 0 Å². The van der Waals surface area contributed by atoms with Gasteiger partial charge in [-0.1, -0.05) is 12.1 Å². The van der Waals surface area contributed by atoms with Gasteiger partial charge in [-0.3, -0.25) is 4.79 Å². The van der Waals surface area contributed by atoms with Crippen LogP contribution in [0.3, 0.4) is 0 Å². The first kappa shape index (κ1) is 14.1. The minimum Gasteiger partial charge on any atom is -0.507 e. The molecule has 0 aliphatic heterocycles. The fourth-order valence-corrected chi connectivity index (χ4v) is 2.25. The predicted molar refractivity (Wildman–Crippen MR) is 84.0 cm³/mol. The molecule has 6 nitrogen and oxygen atoms in total.